The molecule has 3 heteroatoms. The minimum atomic E-state index is -0.137. The Hall–Kier alpha value is -2.10. The Morgan fingerprint density at radius 2 is 1.80 bits per heavy atom. The highest BCUT2D eigenvalue weighted by molar-refractivity contribution is 5.81. The van der Waals surface area contributed by atoms with Crippen molar-refractivity contribution < 1.29 is 4.42 Å². The Bertz CT molecular complexity index is 728. The van der Waals surface area contributed by atoms with Crippen molar-refractivity contribution in [3.8, 4) is 0 Å². The van der Waals surface area contributed by atoms with E-state index in [0.29, 0.717) is 0 Å². The normalized spacial score (nSPS) is 12.8. The van der Waals surface area contributed by atoms with Gasteiger partial charge in [0.1, 0.15) is 17.4 Å². The molecular formula is C17H18N2O. The molecule has 0 amide bonds. The fourth-order valence-corrected chi connectivity index (χ4v) is 2.47. The van der Waals surface area contributed by atoms with E-state index in [1.54, 1.807) is 0 Å². The van der Waals surface area contributed by atoms with Crippen molar-refractivity contribution in [1.82, 2.24) is 5.43 Å². The molecule has 20 heavy (non-hydrogen) atoms. The van der Waals surface area contributed by atoms with Gasteiger partial charge in [0.2, 0.25) is 0 Å². The number of hydrogen-bond acceptors (Lipinski definition) is 3. The van der Waals surface area contributed by atoms with E-state index in [1.807, 2.05) is 25.1 Å². The van der Waals surface area contributed by atoms with E-state index in [0.717, 1.165) is 27.9 Å². The third kappa shape index (κ3) is 2.22. The molecule has 0 saturated heterocycles. The summed E-state index contributed by atoms with van der Waals surface area (Å²) in [5.74, 6) is 6.56. The molecule has 0 aliphatic carbocycles. The second kappa shape index (κ2) is 5.12. The number of nitrogens with two attached hydrogens (primary N) is 1. The number of nitrogens with one attached hydrogen (secondary N) is 1. The highest BCUT2D eigenvalue weighted by Gasteiger charge is 2.17. The Balaban J connectivity index is 2.07. The van der Waals surface area contributed by atoms with E-state index in [9.17, 15) is 0 Å². The molecule has 1 unspecified atom stereocenters. The second-order valence-electron chi connectivity index (χ2n) is 5.15. The minimum Gasteiger partial charge on any atom is -0.459 e. The quantitative estimate of drug-likeness (QED) is 0.562. The Morgan fingerprint density at radius 3 is 2.45 bits per heavy atom. The molecule has 0 aliphatic heterocycles. The van der Waals surface area contributed by atoms with Crippen LogP contribution in [0.4, 0.5) is 0 Å². The Kier molecular flexibility index (Phi) is 3.30. The van der Waals surface area contributed by atoms with Crippen LogP contribution in [0.2, 0.25) is 0 Å². The van der Waals surface area contributed by atoms with Crippen LogP contribution in [0, 0.1) is 13.8 Å². The highest BCUT2D eigenvalue weighted by Crippen LogP contribution is 2.29. The van der Waals surface area contributed by atoms with E-state index >= 15 is 0 Å². The Morgan fingerprint density at radius 1 is 1.05 bits per heavy atom. The minimum absolute atomic E-state index is 0.137. The van der Waals surface area contributed by atoms with E-state index in [4.69, 9.17) is 10.3 Å². The van der Waals surface area contributed by atoms with Crippen LogP contribution in [-0.4, -0.2) is 0 Å². The zero-order chi connectivity index (χ0) is 14.1. The number of para-hydroxylation sites is 1. The molecule has 0 spiro atoms. The van der Waals surface area contributed by atoms with Crippen LogP contribution < -0.4 is 11.3 Å². The first kappa shape index (κ1) is 12.9. The molecule has 3 rings (SSSR count). The van der Waals surface area contributed by atoms with Crippen molar-refractivity contribution in [3.63, 3.8) is 0 Å². The summed E-state index contributed by atoms with van der Waals surface area (Å²) in [6.07, 6.45) is 0. The number of rotatable bonds is 3. The summed E-state index contributed by atoms with van der Waals surface area (Å²) in [6.45, 7) is 4.12. The van der Waals surface area contributed by atoms with Gasteiger partial charge in [0.05, 0.1) is 0 Å². The number of hydrogen-bond donors (Lipinski definition) is 2. The summed E-state index contributed by atoms with van der Waals surface area (Å²) in [6, 6.07) is 16.3. The lowest BCUT2D eigenvalue weighted by molar-refractivity contribution is 0.476. The molecule has 3 aromatic rings. The van der Waals surface area contributed by atoms with Crippen LogP contribution in [-0.2, 0) is 0 Å². The highest BCUT2D eigenvalue weighted by atomic mass is 16.3. The van der Waals surface area contributed by atoms with Crippen molar-refractivity contribution in [3.05, 3.63) is 71.0 Å². The van der Waals surface area contributed by atoms with E-state index in [2.05, 4.69) is 42.7 Å². The van der Waals surface area contributed by atoms with Gasteiger partial charge in [-0.1, -0.05) is 48.0 Å². The molecule has 3 N–H and O–H groups in total. The molecule has 2 aromatic carbocycles. The van der Waals surface area contributed by atoms with Crippen LogP contribution in [0.1, 0.15) is 28.5 Å². The summed E-state index contributed by atoms with van der Waals surface area (Å²) < 4.78 is 5.99. The zero-order valence-corrected chi connectivity index (χ0v) is 11.7. The molecule has 3 nitrogen and oxygen atoms in total. The monoisotopic (exact) mass is 266 g/mol. The number of benzene rings is 2. The van der Waals surface area contributed by atoms with Crippen molar-refractivity contribution in [1.29, 1.82) is 0 Å². The molecule has 1 aromatic heterocycles. The van der Waals surface area contributed by atoms with Crippen LogP contribution >= 0.6 is 0 Å². The van der Waals surface area contributed by atoms with Gasteiger partial charge >= 0.3 is 0 Å². The van der Waals surface area contributed by atoms with E-state index in [-0.39, 0.29) is 6.04 Å². The van der Waals surface area contributed by atoms with Gasteiger partial charge in [0.25, 0.3) is 0 Å². The summed E-state index contributed by atoms with van der Waals surface area (Å²) in [5.41, 5.74) is 7.22. The first-order valence-electron chi connectivity index (χ1n) is 6.71. The lowest BCUT2D eigenvalue weighted by Crippen LogP contribution is -2.28. The predicted octanol–water partition coefficient (Wildman–Crippen LogP) is 3.60. The lowest BCUT2D eigenvalue weighted by Gasteiger charge is -2.13. The average molecular weight is 266 g/mol. The molecule has 102 valence electrons. The summed E-state index contributed by atoms with van der Waals surface area (Å²) in [7, 11) is 0. The summed E-state index contributed by atoms with van der Waals surface area (Å²) >= 11 is 0. The van der Waals surface area contributed by atoms with Crippen LogP contribution in [0.5, 0.6) is 0 Å². The van der Waals surface area contributed by atoms with Crippen LogP contribution in [0.25, 0.3) is 11.0 Å². The fourth-order valence-electron chi connectivity index (χ4n) is 2.47. The first-order chi connectivity index (χ1) is 9.69. The molecule has 1 atom stereocenters. The fraction of sp³-hybridized carbons (Fsp3) is 0.176. The maximum Gasteiger partial charge on any atom is 0.137 e. The standard InChI is InChI=1S/C17H18N2O/c1-11-6-8-13(9-7-11)16(19-18)15-10-14-5-3-4-12(2)17(14)20-15/h3-10,16,19H,18H2,1-2H3. The van der Waals surface area contributed by atoms with Crippen LogP contribution in [0.15, 0.2) is 52.9 Å². The first-order valence-corrected chi connectivity index (χ1v) is 6.71. The van der Waals surface area contributed by atoms with Crippen molar-refractivity contribution in [2.45, 2.75) is 19.9 Å². The molecule has 1 heterocycles. The lowest BCUT2D eigenvalue weighted by atomic mass is 10.0. The topological polar surface area (TPSA) is 51.2 Å². The summed E-state index contributed by atoms with van der Waals surface area (Å²) in [4.78, 5) is 0. The third-order valence-electron chi connectivity index (χ3n) is 3.62. The van der Waals surface area contributed by atoms with Crippen LogP contribution in [0.3, 0.4) is 0 Å². The van der Waals surface area contributed by atoms with Gasteiger partial charge in [-0.15, -0.1) is 0 Å². The van der Waals surface area contributed by atoms with Crippen molar-refractivity contribution in [2.24, 2.45) is 5.84 Å². The Labute approximate surface area is 118 Å². The molecule has 0 fully saturated rings. The number of fused-ring (bicyclic) bond motifs is 1. The third-order valence-corrected chi connectivity index (χ3v) is 3.62. The van der Waals surface area contributed by atoms with Gasteiger partial charge in [-0.2, -0.15) is 0 Å². The van der Waals surface area contributed by atoms with Crippen molar-refractivity contribution in [2.75, 3.05) is 0 Å². The maximum atomic E-state index is 5.99. The molecular weight excluding hydrogens is 248 g/mol. The molecule has 0 saturated carbocycles. The molecule has 0 radical (unpaired) electrons. The van der Waals surface area contributed by atoms with Gasteiger partial charge in [-0.05, 0) is 31.0 Å². The van der Waals surface area contributed by atoms with Gasteiger partial charge < -0.3 is 4.42 Å². The predicted molar refractivity (Wildman–Crippen MR) is 81.3 cm³/mol. The second-order valence-corrected chi connectivity index (χ2v) is 5.15. The van der Waals surface area contributed by atoms with E-state index < -0.39 is 0 Å². The van der Waals surface area contributed by atoms with Gasteiger partial charge in [0.15, 0.2) is 0 Å². The number of furan rings is 1. The van der Waals surface area contributed by atoms with Gasteiger partial charge in [-0.3, -0.25) is 5.84 Å². The van der Waals surface area contributed by atoms with Crippen molar-refractivity contribution >= 4 is 11.0 Å². The number of aryl methyl sites for hydroxylation is 2. The van der Waals surface area contributed by atoms with Gasteiger partial charge in [-0.25, -0.2) is 5.43 Å². The smallest absolute Gasteiger partial charge is 0.137 e. The summed E-state index contributed by atoms with van der Waals surface area (Å²) in [5, 5.41) is 1.10. The largest absolute Gasteiger partial charge is 0.459 e. The SMILES string of the molecule is Cc1ccc(C(NN)c2cc3cccc(C)c3o2)cc1. The zero-order valence-electron chi connectivity index (χ0n) is 11.7. The number of hydrazine groups is 1. The molecule has 0 bridgehead atoms. The van der Waals surface area contributed by atoms with E-state index in [1.165, 1.54) is 5.56 Å². The van der Waals surface area contributed by atoms with Gasteiger partial charge in [0, 0.05) is 5.39 Å². The average Bonchev–Trinajstić information content (AvgIpc) is 2.87. The maximum absolute atomic E-state index is 5.99. The molecule has 0 aliphatic rings.